The van der Waals surface area contributed by atoms with Crippen LogP contribution in [0.3, 0.4) is 0 Å². The molecule has 2 rings (SSSR count). The van der Waals surface area contributed by atoms with E-state index in [0.29, 0.717) is 12.3 Å². The largest absolute Gasteiger partial charge is 0.467 e. The van der Waals surface area contributed by atoms with Crippen LogP contribution in [0.4, 0.5) is 0 Å². The van der Waals surface area contributed by atoms with Crippen LogP contribution in [0.5, 0.6) is 0 Å². The fourth-order valence-electron chi connectivity index (χ4n) is 2.45. The van der Waals surface area contributed by atoms with Crippen LogP contribution in [0.2, 0.25) is 0 Å². The lowest BCUT2D eigenvalue weighted by Gasteiger charge is -2.31. The molecule has 2 aliphatic rings. The van der Waals surface area contributed by atoms with Gasteiger partial charge < -0.3 is 10.1 Å². The molecule has 0 aromatic rings. The zero-order valence-corrected chi connectivity index (χ0v) is 7.63. The van der Waals surface area contributed by atoms with Crippen molar-refractivity contribution in [3.63, 3.8) is 0 Å². The Bertz CT molecular complexity index is 264. The molecule has 1 aliphatic heterocycles. The van der Waals surface area contributed by atoms with Gasteiger partial charge in [-0.05, 0) is 25.2 Å². The van der Waals surface area contributed by atoms with Crippen molar-refractivity contribution >= 4 is 11.9 Å². The van der Waals surface area contributed by atoms with Gasteiger partial charge in [-0.1, -0.05) is 0 Å². The van der Waals surface area contributed by atoms with Crippen molar-refractivity contribution in [2.45, 2.75) is 31.2 Å². The molecule has 0 spiro atoms. The van der Waals surface area contributed by atoms with Gasteiger partial charge in [-0.2, -0.15) is 0 Å². The number of ether oxygens (including phenoxy) is 1. The first-order valence-corrected chi connectivity index (χ1v) is 4.56. The molecule has 2 atom stereocenters. The first-order chi connectivity index (χ1) is 6.16. The Morgan fingerprint density at radius 3 is 3.15 bits per heavy atom. The van der Waals surface area contributed by atoms with E-state index < -0.39 is 5.54 Å². The molecule has 13 heavy (non-hydrogen) atoms. The number of piperidine rings is 1. The zero-order valence-electron chi connectivity index (χ0n) is 7.63. The average molecular weight is 183 g/mol. The lowest BCUT2D eigenvalue weighted by molar-refractivity contribution is -0.152. The molecule has 0 aromatic heterocycles. The SMILES string of the molecule is COC(=O)[C@]12CC[C@@H](CC(=O)N1)C2. The summed E-state index contributed by atoms with van der Waals surface area (Å²) < 4.78 is 4.71. The van der Waals surface area contributed by atoms with Crippen LogP contribution < -0.4 is 5.32 Å². The maximum absolute atomic E-state index is 11.5. The second-order valence-corrected chi connectivity index (χ2v) is 3.93. The summed E-state index contributed by atoms with van der Waals surface area (Å²) in [5, 5.41) is 2.76. The molecule has 1 heterocycles. The van der Waals surface area contributed by atoms with Gasteiger partial charge in [0.05, 0.1) is 7.11 Å². The number of fused-ring (bicyclic) bond motifs is 2. The fraction of sp³-hybridized carbons (Fsp3) is 0.778. The summed E-state index contributed by atoms with van der Waals surface area (Å²) in [6, 6.07) is 0. The normalized spacial score (nSPS) is 37.0. The molecule has 4 heteroatoms. The molecule has 4 nitrogen and oxygen atoms in total. The van der Waals surface area contributed by atoms with Gasteiger partial charge in [0.1, 0.15) is 5.54 Å². The topological polar surface area (TPSA) is 55.4 Å². The molecule has 1 aliphatic carbocycles. The van der Waals surface area contributed by atoms with E-state index in [9.17, 15) is 9.59 Å². The summed E-state index contributed by atoms with van der Waals surface area (Å²) >= 11 is 0. The van der Waals surface area contributed by atoms with Gasteiger partial charge >= 0.3 is 5.97 Å². The van der Waals surface area contributed by atoms with E-state index in [1.807, 2.05) is 0 Å². The Hall–Kier alpha value is -1.06. The molecule has 1 N–H and O–H groups in total. The van der Waals surface area contributed by atoms with E-state index in [1.165, 1.54) is 7.11 Å². The molecular formula is C9H13NO3. The molecule has 1 amide bonds. The number of carbonyl (C=O) groups is 2. The van der Waals surface area contributed by atoms with Crippen molar-refractivity contribution in [1.82, 2.24) is 5.32 Å². The second-order valence-electron chi connectivity index (χ2n) is 3.93. The Labute approximate surface area is 76.6 Å². The Morgan fingerprint density at radius 2 is 2.46 bits per heavy atom. The minimum absolute atomic E-state index is 0.0147. The van der Waals surface area contributed by atoms with E-state index in [4.69, 9.17) is 4.74 Å². The molecule has 1 saturated heterocycles. The van der Waals surface area contributed by atoms with Gasteiger partial charge in [0, 0.05) is 6.42 Å². The number of methoxy groups -OCH3 is 1. The quantitative estimate of drug-likeness (QED) is 0.591. The Morgan fingerprint density at radius 1 is 1.69 bits per heavy atom. The average Bonchev–Trinajstić information content (AvgIpc) is 2.42. The Balaban J connectivity index is 2.22. The van der Waals surface area contributed by atoms with Gasteiger partial charge in [-0.15, -0.1) is 0 Å². The van der Waals surface area contributed by atoms with E-state index in [1.54, 1.807) is 0 Å². The van der Waals surface area contributed by atoms with Crippen LogP contribution >= 0.6 is 0 Å². The predicted molar refractivity (Wildman–Crippen MR) is 44.8 cm³/mol. The van der Waals surface area contributed by atoms with Crippen molar-refractivity contribution < 1.29 is 14.3 Å². The summed E-state index contributed by atoms with van der Waals surface area (Å²) in [6.07, 6.45) is 3.01. The zero-order chi connectivity index (χ0) is 9.47. The first-order valence-electron chi connectivity index (χ1n) is 4.56. The molecule has 2 fully saturated rings. The van der Waals surface area contributed by atoms with Gasteiger partial charge in [-0.3, -0.25) is 4.79 Å². The van der Waals surface area contributed by atoms with Crippen molar-refractivity contribution in [3.8, 4) is 0 Å². The molecular weight excluding hydrogens is 170 g/mol. The van der Waals surface area contributed by atoms with Crippen LogP contribution in [0.15, 0.2) is 0 Å². The highest BCUT2D eigenvalue weighted by atomic mass is 16.5. The van der Waals surface area contributed by atoms with E-state index in [-0.39, 0.29) is 11.9 Å². The van der Waals surface area contributed by atoms with Crippen molar-refractivity contribution in [1.29, 1.82) is 0 Å². The fourth-order valence-corrected chi connectivity index (χ4v) is 2.45. The third kappa shape index (κ3) is 1.20. The summed E-state index contributed by atoms with van der Waals surface area (Å²) in [7, 11) is 1.37. The highest BCUT2D eigenvalue weighted by Crippen LogP contribution is 2.40. The van der Waals surface area contributed by atoms with Gasteiger partial charge in [-0.25, -0.2) is 4.79 Å². The van der Waals surface area contributed by atoms with Crippen molar-refractivity contribution in [2.75, 3.05) is 7.11 Å². The maximum Gasteiger partial charge on any atom is 0.331 e. The van der Waals surface area contributed by atoms with Gasteiger partial charge in [0.25, 0.3) is 0 Å². The summed E-state index contributed by atoms with van der Waals surface area (Å²) in [5.74, 6) is 0.0788. The maximum atomic E-state index is 11.5. The third-order valence-electron chi connectivity index (χ3n) is 3.05. The Kier molecular flexibility index (Phi) is 1.78. The van der Waals surface area contributed by atoms with E-state index in [0.717, 1.165) is 19.3 Å². The van der Waals surface area contributed by atoms with E-state index in [2.05, 4.69) is 5.32 Å². The first kappa shape index (κ1) is 8.53. The molecule has 0 aromatic carbocycles. The standard InChI is InChI=1S/C9H13NO3/c1-13-8(12)9-3-2-6(5-9)4-7(11)10-9/h6H,2-5H2,1H3,(H,10,11)/t6-,9+/m0/s1. The second kappa shape index (κ2) is 2.72. The van der Waals surface area contributed by atoms with Crippen LogP contribution in [0.25, 0.3) is 0 Å². The molecule has 72 valence electrons. The number of nitrogens with one attached hydrogen (secondary N) is 1. The number of hydrogen-bond acceptors (Lipinski definition) is 3. The van der Waals surface area contributed by atoms with Crippen molar-refractivity contribution in [2.24, 2.45) is 5.92 Å². The van der Waals surface area contributed by atoms with E-state index >= 15 is 0 Å². The number of hydrogen-bond donors (Lipinski definition) is 1. The van der Waals surface area contributed by atoms with Crippen molar-refractivity contribution in [3.05, 3.63) is 0 Å². The summed E-state index contributed by atoms with van der Waals surface area (Å²) in [5.41, 5.74) is -0.686. The number of carbonyl (C=O) groups excluding carboxylic acids is 2. The third-order valence-corrected chi connectivity index (χ3v) is 3.05. The highest BCUT2D eigenvalue weighted by Gasteiger charge is 2.50. The van der Waals surface area contributed by atoms with Crippen LogP contribution in [-0.4, -0.2) is 24.5 Å². The minimum atomic E-state index is -0.686. The summed E-state index contributed by atoms with van der Waals surface area (Å²) in [4.78, 5) is 22.7. The predicted octanol–water partition coefficient (Wildman–Crippen LogP) is 0.218. The van der Waals surface area contributed by atoms with Crippen LogP contribution in [0.1, 0.15) is 25.7 Å². The highest BCUT2D eigenvalue weighted by molar-refractivity contribution is 5.90. The van der Waals surface area contributed by atoms with Crippen LogP contribution in [-0.2, 0) is 14.3 Å². The van der Waals surface area contributed by atoms with Crippen LogP contribution in [0, 0.1) is 5.92 Å². The summed E-state index contributed by atoms with van der Waals surface area (Å²) in [6.45, 7) is 0. The number of amides is 1. The minimum Gasteiger partial charge on any atom is -0.467 e. The smallest absolute Gasteiger partial charge is 0.331 e. The monoisotopic (exact) mass is 183 g/mol. The van der Waals surface area contributed by atoms with Gasteiger partial charge in [0.2, 0.25) is 5.91 Å². The molecule has 0 radical (unpaired) electrons. The number of esters is 1. The lowest BCUT2D eigenvalue weighted by Crippen LogP contribution is -2.55. The molecule has 0 unspecified atom stereocenters. The molecule has 1 saturated carbocycles. The lowest BCUT2D eigenvalue weighted by atomic mass is 9.90. The molecule has 2 bridgehead atoms. The van der Waals surface area contributed by atoms with Gasteiger partial charge in [0.15, 0.2) is 0 Å². The number of rotatable bonds is 1.